The molecule has 0 radical (unpaired) electrons. The fourth-order valence-electron chi connectivity index (χ4n) is 2.13. The molecule has 0 aliphatic rings. The van der Waals surface area contributed by atoms with Gasteiger partial charge in [0.05, 0.1) is 4.90 Å². The molecular formula is C17H15N3O3S2. The van der Waals surface area contributed by atoms with Gasteiger partial charge in [0.2, 0.25) is 0 Å². The molecule has 1 aromatic heterocycles. The molecule has 3 aromatic rings. The second-order valence-electron chi connectivity index (χ2n) is 5.14. The number of nitrogens with zero attached hydrogens (tertiary/aromatic N) is 1. The van der Waals surface area contributed by atoms with Crippen LogP contribution in [0.4, 0.5) is 4.79 Å². The van der Waals surface area contributed by atoms with Crippen LogP contribution in [0.3, 0.4) is 0 Å². The van der Waals surface area contributed by atoms with E-state index in [0.29, 0.717) is 0 Å². The maximum Gasteiger partial charge on any atom is 0.328 e. The first kappa shape index (κ1) is 17.1. The van der Waals surface area contributed by atoms with Gasteiger partial charge in [0.1, 0.15) is 5.01 Å². The molecule has 0 unspecified atom stereocenters. The van der Waals surface area contributed by atoms with Gasteiger partial charge >= 0.3 is 6.03 Å². The molecule has 128 valence electrons. The van der Waals surface area contributed by atoms with Crippen molar-refractivity contribution in [1.29, 1.82) is 0 Å². The Kier molecular flexibility index (Phi) is 5.11. The van der Waals surface area contributed by atoms with E-state index in [1.165, 1.54) is 12.1 Å². The summed E-state index contributed by atoms with van der Waals surface area (Å²) >= 11 is 1.55. The molecule has 1 heterocycles. The van der Waals surface area contributed by atoms with Crippen molar-refractivity contribution >= 4 is 27.4 Å². The number of benzene rings is 2. The third-order valence-corrected chi connectivity index (χ3v) is 5.54. The molecule has 0 bridgehead atoms. The first-order chi connectivity index (χ1) is 12.0. The van der Waals surface area contributed by atoms with Crippen molar-refractivity contribution in [1.82, 2.24) is 15.0 Å². The summed E-state index contributed by atoms with van der Waals surface area (Å²) in [6, 6.07) is 14.5. The third kappa shape index (κ3) is 4.43. The molecule has 3 rings (SSSR count). The van der Waals surface area contributed by atoms with Crippen LogP contribution in [0.5, 0.6) is 0 Å². The van der Waals surface area contributed by atoms with Crippen LogP contribution in [0.2, 0.25) is 0 Å². The highest BCUT2D eigenvalue weighted by Gasteiger charge is 2.16. The Bertz CT molecular complexity index is 939. The lowest BCUT2D eigenvalue weighted by Crippen LogP contribution is -2.38. The number of urea groups is 1. The quantitative estimate of drug-likeness (QED) is 0.720. The first-order valence-corrected chi connectivity index (χ1v) is 9.75. The minimum absolute atomic E-state index is 0.0398. The largest absolute Gasteiger partial charge is 0.333 e. The van der Waals surface area contributed by atoms with Crippen LogP contribution in [0.25, 0.3) is 10.6 Å². The average Bonchev–Trinajstić information content (AvgIpc) is 3.15. The van der Waals surface area contributed by atoms with E-state index < -0.39 is 16.1 Å². The van der Waals surface area contributed by atoms with E-state index in [1.54, 1.807) is 35.7 Å². The zero-order valence-corrected chi connectivity index (χ0v) is 14.7. The van der Waals surface area contributed by atoms with Crippen LogP contribution >= 0.6 is 11.3 Å². The average molecular weight is 373 g/mol. The molecule has 6 nitrogen and oxygen atoms in total. The Morgan fingerprint density at radius 1 is 1.04 bits per heavy atom. The van der Waals surface area contributed by atoms with Crippen molar-refractivity contribution < 1.29 is 13.2 Å². The molecule has 0 saturated carbocycles. The van der Waals surface area contributed by atoms with Crippen LogP contribution in [-0.4, -0.2) is 19.4 Å². The SMILES string of the molecule is O=C(NCc1ccc(-c2nccs2)cc1)NS(=O)(=O)c1ccccc1. The number of amides is 2. The van der Waals surface area contributed by atoms with Crippen LogP contribution in [0.15, 0.2) is 71.1 Å². The molecule has 0 saturated heterocycles. The second kappa shape index (κ2) is 7.45. The number of hydrogen-bond donors (Lipinski definition) is 2. The van der Waals surface area contributed by atoms with Gasteiger partial charge in [-0.05, 0) is 17.7 Å². The Hall–Kier alpha value is -2.71. The molecule has 25 heavy (non-hydrogen) atoms. The van der Waals surface area contributed by atoms with Gasteiger partial charge < -0.3 is 5.32 Å². The topological polar surface area (TPSA) is 88.2 Å². The summed E-state index contributed by atoms with van der Waals surface area (Å²) in [6.45, 7) is 0.217. The molecule has 0 atom stereocenters. The number of thiazole rings is 1. The minimum atomic E-state index is -3.87. The van der Waals surface area contributed by atoms with E-state index in [2.05, 4.69) is 10.3 Å². The smallest absolute Gasteiger partial charge is 0.328 e. The summed E-state index contributed by atoms with van der Waals surface area (Å²) in [7, 11) is -3.87. The normalized spacial score (nSPS) is 11.0. The molecule has 2 amide bonds. The lowest BCUT2D eigenvalue weighted by Gasteiger charge is -2.09. The zero-order chi connectivity index (χ0) is 17.7. The van der Waals surface area contributed by atoms with E-state index in [4.69, 9.17) is 0 Å². The van der Waals surface area contributed by atoms with Crippen LogP contribution in [0.1, 0.15) is 5.56 Å². The van der Waals surface area contributed by atoms with E-state index in [1.807, 2.05) is 34.4 Å². The number of sulfonamides is 1. The Morgan fingerprint density at radius 2 is 1.76 bits per heavy atom. The summed E-state index contributed by atoms with van der Waals surface area (Å²) < 4.78 is 26.1. The predicted octanol–water partition coefficient (Wildman–Crippen LogP) is 3.00. The van der Waals surface area contributed by atoms with Gasteiger partial charge in [-0.1, -0.05) is 42.5 Å². The number of aromatic nitrogens is 1. The second-order valence-corrected chi connectivity index (χ2v) is 7.71. The lowest BCUT2D eigenvalue weighted by molar-refractivity contribution is 0.245. The van der Waals surface area contributed by atoms with Crippen molar-refractivity contribution in [2.75, 3.05) is 0 Å². The van der Waals surface area contributed by atoms with Gasteiger partial charge in [0, 0.05) is 23.7 Å². The summed E-state index contributed by atoms with van der Waals surface area (Å²) in [5.41, 5.74) is 1.85. The van der Waals surface area contributed by atoms with Crippen LogP contribution in [0, 0.1) is 0 Å². The highest BCUT2D eigenvalue weighted by Crippen LogP contribution is 2.21. The number of rotatable bonds is 5. The molecule has 0 fully saturated rings. The maximum atomic E-state index is 12.1. The van der Waals surface area contributed by atoms with Gasteiger partial charge in [-0.15, -0.1) is 11.3 Å². The summed E-state index contributed by atoms with van der Waals surface area (Å²) in [5, 5.41) is 5.36. The van der Waals surface area contributed by atoms with Crippen molar-refractivity contribution in [3.8, 4) is 10.6 Å². The first-order valence-electron chi connectivity index (χ1n) is 7.39. The van der Waals surface area contributed by atoms with Crippen LogP contribution < -0.4 is 10.0 Å². The number of nitrogens with one attached hydrogen (secondary N) is 2. The fraction of sp³-hybridized carbons (Fsp3) is 0.0588. The molecule has 2 N–H and O–H groups in total. The summed E-state index contributed by atoms with van der Waals surface area (Å²) in [6.07, 6.45) is 1.74. The van der Waals surface area contributed by atoms with E-state index in [0.717, 1.165) is 16.1 Å². The summed E-state index contributed by atoms with van der Waals surface area (Å²) in [4.78, 5) is 16.1. The van der Waals surface area contributed by atoms with Gasteiger partial charge in [0.15, 0.2) is 0 Å². The predicted molar refractivity (Wildman–Crippen MR) is 96.5 cm³/mol. The third-order valence-electron chi connectivity index (χ3n) is 3.37. The number of hydrogen-bond acceptors (Lipinski definition) is 5. The van der Waals surface area contributed by atoms with Crippen molar-refractivity contribution in [3.05, 3.63) is 71.7 Å². The molecule has 0 aliphatic carbocycles. The minimum Gasteiger partial charge on any atom is -0.333 e. The number of carbonyl (C=O) groups is 1. The zero-order valence-electron chi connectivity index (χ0n) is 13.0. The van der Waals surface area contributed by atoms with Crippen molar-refractivity contribution in [2.45, 2.75) is 11.4 Å². The Morgan fingerprint density at radius 3 is 2.40 bits per heavy atom. The Balaban J connectivity index is 1.57. The molecular weight excluding hydrogens is 358 g/mol. The maximum absolute atomic E-state index is 12.1. The van der Waals surface area contributed by atoms with E-state index in [9.17, 15) is 13.2 Å². The van der Waals surface area contributed by atoms with Crippen molar-refractivity contribution in [2.24, 2.45) is 0 Å². The monoisotopic (exact) mass is 373 g/mol. The van der Waals surface area contributed by atoms with E-state index >= 15 is 0 Å². The van der Waals surface area contributed by atoms with Gasteiger partial charge in [-0.25, -0.2) is 22.9 Å². The van der Waals surface area contributed by atoms with Gasteiger partial charge in [-0.3, -0.25) is 0 Å². The lowest BCUT2D eigenvalue weighted by atomic mass is 10.1. The van der Waals surface area contributed by atoms with Gasteiger partial charge in [0.25, 0.3) is 10.0 Å². The fourth-order valence-corrected chi connectivity index (χ4v) is 3.72. The van der Waals surface area contributed by atoms with E-state index in [-0.39, 0.29) is 11.4 Å². The summed E-state index contributed by atoms with van der Waals surface area (Å²) in [5.74, 6) is 0. The molecule has 0 aliphatic heterocycles. The Labute approximate surface area is 149 Å². The molecule has 8 heteroatoms. The van der Waals surface area contributed by atoms with Crippen molar-refractivity contribution in [3.63, 3.8) is 0 Å². The highest BCUT2D eigenvalue weighted by atomic mass is 32.2. The number of carbonyl (C=O) groups excluding carboxylic acids is 1. The van der Waals surface area contributed by atoms with Crippen LogP contribution in [-0.2, 0) is 16.6 Å². The van der Waals surface area contributed by atoms with Gasteiger partial charge in [-0.2, -0.15) is 0 Å². The molecule has 0 spiro atoms. The molecule has 2 aromatic carbocycles. The highest BCUT2D eigenvalue weighted by molar-refractivity contribution is 7.90. The standard InChI is InChI=1S/C17H15N3O3S2/c21-17(20-25(22,23)15-4-2-1-3-5-15)19-12-13-6-8-14(9-7-13)16-18-10-11-24-16/h1-11H,12H2,(H2,19,20,21).